The third kappa shape index (κ3) is 3.03. The van der Waals surface area contributed by atoms with Gasteiger partial charge in [-0.1, -0.05) is 0 Å². The lowest BCUT2D eigenvalue weighted by Gasteiger charge is -2.14. The van der Waals surface area contributed by atoms with Crippen molar-refractivity contribution in [3.63, 3.8) is 0 Å². The van der Waals surface area contributed by atoms with Crippen molar-refractivity contribution >= 4 is 17.6 Å². The predicted octanol–water partition coefficient (Wildman–Crippen LogP) is 1.08. The van der Waals surface area contributed by atoms with E-state index in [0.29, 0.717) is 11.4 Å². The summed E-state index contributed by atoms with van der Waals surface area (Å²) in [4.78, 5) is 22.9. The maximum absolute atomic E-state index is 12.0. The largest absolute Gasteiger partial charge is 0.495 e. The number of carbonyl (C=O) groups excluding carboxylic acids is 1. The molecule has 0 aromatic heterocycles. The van der Waals surface area contributed by atoms with E-state index in [2.05, 4.69) is 10.6 Å². The monoisotopic (exact) mass is 264 g/mol. The Morgan fingerprint density at radius 2 is 2.26 bits per heavy atom. The minimum Gasteiger partial charge on any atom is -0.495 e. The number of carboxylic acids is 1. The zero-order valence-corrected chi connectivity index (χ0v) is 10.6. The maximum Gasteiger partial charge on any atom is 0.335 e. The number of methoxy groups -OCH3 is 1. The van der Waals surface area contributed by atoms with Gasteiger partial charge in [0.2, 0.25) is 5.91 Å². The molecule has 0 spiro atoms. The van der Waals surface area contributed by atoms with Gasteiger partial charge in [-0.05, 0) is 37.6 Å². The van der Waals surface area contributed by atoms with Gasteiger partial charge >= 0.3 is 5.97 Å². The van der Waals surface area contributed by atoms with Crippen molar-refractivity contribution in [2.75, 3.05) is 19.0 Å². The average Bonchev–Trinajstić information content (AvgIpc) is 2.92. The first-order chi connectivity index (χ1) is 9.11. The Morgan fingerprint density at radius 1 is 1.47 bits per heavy atom. The van der Waals surface area contributed by atoms with Gasteiger partial charge in [0, 0.05) is 0 Å². The Balaban J connectivity index is 2.19. The van der Waals surface area contributed by atoms with E-state index in [1.807, 2.05) is 0 Å². The van der Waals surface area contributed by atoms with E-state index in [0.717, 1.165) is 19.4 Å². The summed E-state index contributed by atoms with van der Waals surface area (Å²) in [5.74, 6) is -0.771. The molecule has 1 amide bonds. The van der Waals surface area contributed by atoms with Crippen LogP contribution >= 0.6 is 0 Å². The van der Waals surface area contributed by atoms with Crippen molar-refractivity contribution in [1.29, 1.82) is 0 Å². The number of carbonyl (C=O) groups is 2. The molecular weight excluding hydrogens is 248 g/mol. The molecule has 6 heteroatoms. The number of anilines is 1. The lowest BCUT2D eigenvalue weighted by Crippen LogP contribution is -2.35. The van der Waals surface area contributed by atoms with Gasteiger partial charge in [0.05, 0.1) is 24.4 Å². The summed E-state index contributed by atoms with van der Waals surface area (Å²) < 4.78 is 5.12. The van der Waals surface area contributed by atoms with Gasteiger partial charge in [0.1, 0.15) is 5.75 Å². The molecule has 19 heavy (non-hydrogen) atoms. The van der Waals surface area contributed by atoms with Gasteiger partial charge in [0.25, 0.3) is 0 Å². The molecule has 6 nitrogen and oxygen atoms in total. The van der Waals surface area contributed by atoms with Gasteiger partial charge in [-0.15, -0.1) is 0 Å². The van der Waals surface area contributed by atoms with E-state index in [1.165, 1.54) is 25.3 Å². The van der Waals surface area contributed by atoms with Crippen LogP contribution < -0.4 is 15.4 Å². The number of aromatic carboxylic acids is 1. The molecule has 3 N–H and O–H groups in total. The van der Waals surface area contributed by atoms with Crippen LogP contribution in [-0.2, 0) is 4.79 Å². The van der Waals surface area contributed by atoms with Crippen molar-refractivity contribution in [1.82, 2.24) is 5.32 Å². The van der Waals surface area contributed by atoms with Crippen LogP contribution in [0.3, 0.4) is 0 Å². The maximum atomic E-state index is 12.0. The van der Waals surface area contributed by atoms with Crippen molar-refractivity contribution < 1.29 is 19.4 Å². The summed E-state index contributed by atoms with van der Waals surface area (Å²) in [6.45, 7) is 0.824. The zero-order valence-electron chi connectivity index (χ0n) is 10.6. The second-order valence-corrected chi connectivity index (χ2v) is 4.36. The molecule has 1 aliphatic rings. The van der Waals surface area contributed by atoms with E-state index in [-0.39, 0.29) is 17.5 Å². The summed E-state index contributed by atoms with van der Waals surface area (Å²) in [5.41, 5.74) is 0.483. The third-order valence-corrected chi connectivity index (χ3v) is 3.08. The molecule has 0 bridgehead atoms. The minimum atomic E-state index is -1.04. The predicted molar refractivity (Wildman–Crippen MR) is 69.6 cm³/mol. The number of nitrogens with one attached hydrogen (secondary N) is 2. The molecular formula is C13H16N2O4. The van der Waals surface area contributed by atoms with Crippen LogP contribution in [-0.4, -0.2) is 36.7 Å². The van der Waals surface area contributed by atoms with E-state index in [1.54, 1.807) is 0 Å². The lowest BCUT2D eigenvalue weighted by atomic mass is 10.1. The summed E-state index contributed by atoms with van der Waals surface area (Å²) in [5, 5.41) is 14.7. The molecule has 1 heterocycles. The summed E-state index contributed by atoms with van der Waals surface area (Å²) >= 11 is 0. The highest BCUT2D eigenvalue weighted by molar-refractivity contribution is 5.98. The SMILES string of the molecule is COc1ccc(C(=O)O)cc1NC(=O)C1CCCN1. The molecule has 1 unspecified atom stereocenters. The Morgan fingerprint density at radius 3 is 2.84 bits per heavy atom. The first-order valence-corrected chi connectivity index (χ1v) is 6.07. The Labute approximate surface area is 110 Å². The van der Waals surface area contributed by atoms with E-state index in [9.17, 15) is 9.59 Å². The van der Waals surface area contributed by atoms with Gasteiger partial charge in [0.15, 0.2) is 0 Å². The summed E-state index contributed by atoms with van der Waals surface area (Å²) in [6, 6.07) is 4.14. The highest BCUT2D eigenvalue weighted by Gasteiger charge is 2.23. The van der Waals surface area contributed by atoms with Gasteiger partial charge in [-0.2, -0.15) is 0 Å². The van der Waals surface area contributed by atoms with Crippen LogP contribution in [0, 0.1) is 0 Å². The van der Waals surface area contributed by atoms with Crippen LogP contribution in [0.1, 0.15) is 23.2 Å². The lowest BCUT2D eigenvalue weighted by molar-refractivity contribution is -0.117. The van der Waals surface area contributed by atoms with Crippen LogP contribution in [0.15, 0.2) is 18.2 Å². The third-order valence-electron chi connectivity index (χ3n) is 3.08. The second-order valence-electron chi connectivity index (χ2n) is 4.36. The molecule has 0 aliphatic carbocycles. The Kier molecular flexibility index (Phi) is 4.01. The fourth-order valence-corrected chi connectivity index (χ4v) is 2.07. The molecule has 0 radical (unpaired) electrons. The molecule has 1 atom stereocenters. The van der Waals surface area contributed by atoms with Gasteiger partial charge < -0.3 is 20.5 Å². The standard InChI is InChI=1S/C13H16N2O4/c1-19-11-5-4-8(13(17)18)7-10(11)15-12(16)9-3-2-6-14-9/h4-5,7,9,14H,2-3,6H2,1H3,(H,15,16)(H,17,18). The molecule has 2 rings (SSSR count). The molecule has 1 aromatic carbocycles. The number of ether oxygens (including phenoxy) is 1. The molecule has 102 valence electrons. The fraction of sp³-hybridized carbons (Fsp3) is 0.385. The topological polar surface area (TPSA) is 87.7 Å². The van der Waals surface area contributed by atoms with E-state index in [4.69, 9.17) is 9.84 Å². The normalized spacial score (nSPS) is 18.1. The van der Waals surface area contributed by atoms with Crippen LogP contribution in [0.4, 0.5) is 5.69 Å². The first-order valence-electron chi connectivity index (χ1n) is 6.07. The first kappa shape index (κ1) is 13.4. The van der Waals surface area contributed by atoms with Crippen LogP contribution in [0.25, 0.3) is 0 Å². The highest BCUT2D eigenvalue weighted by atomic mass is 16.5. The number of amides is 1. The minimum absolute atomic E-state index is 0.107. The van der Waals surface area contributed by atoms with Crippen molar-refractivity contribution in [2.45, 2.75) is 18.9 Å². The fourth-order valence-electron chi connectivity index (χ4n) is 2.07. The molecule has 1 fully saturated rings. The summed E-state index contributed by atoms with van der Waals surface area (Å²) in [6.07, 6.45) is 1.75. The molecule has 0 saturated carbocycles. The highest BCUT2D eigenvalue weighted by Crippen LogP contribution is 2.26. The quantitative estimate of drug-likeness (QED) is 0.757. The number of hydrogen-bond acceptors (Lipinski definition) is 4. The van der Waals surface area contributed by atoms with Gasteiger partial charge in [-0.25, -0.2) is 4.79 Å². The van der Waals surface area contributed by atoms with Crippen LogP contribution in [0.5, 0.6) is 5.75 Å². The number of rotatable bonds is 4. The van der Waals surface area contributed by atoms with E-state index < -0.39 is 5.97 Å². The summed E-state index contributed by atoms with van der Waals surface area (Å²) in [7, 11) is 1.47. The molecule has 1 aromatic rings. The van der Waals surface area contributed by atoms with Crippen molar-refractivity contribution in [3.05, 3.63) is 23.8 Å². The van der Waals surface area contributed by atoms with E-state index >= 15 is 0 Å². The smallest absolute Gasteiger partial charge is 0.335 e. The van der Waals surface area contributed by atoms with Crippen molar-refractivity contribution in [3.8, 4) is 5.75 Å². The Bertz CT molecular complexity index is 495. The second kappa shape index (κ2) is 5.71. The van der Waals surface area contributed by atoms with Crippen molar-refractivity contribution in [2.24, 2.45) is 0 Å². The average molecular weight is 264 g/mol. The molecule has 1 aliphatic heterocycles. The molecule has 1 saturated heterocycles. The number of carboxylic acid groups (broad SMARTS) is 1. The zero-order chi connectivity index (χ0) is 13.8. The van der Waals surface area contributed by atoms with Crippen LogP contribution in [0.2, 0.25) is 0 Å². The number of benzene rings is 1. The number of hydrogen-bond donors (Lipinski definition) is 3. The Hall–Kier alpha value is -2.08. The van der Waals surface area contributed by atoms with Gasteiger partial charge in [-0.3, -0.25) is 4.79 Å².